The summed E-state index contributed by atoms with van der Waals surface area (Å²) >= 11 is 0. The molecule has 168 valence electrons. The van der Waals surface area contributed by atoms with E-state index in [-0.39, 0.29) is 5.41 Å². The molecule has 1 aliphatic rings. The molecule has 0 atom stereocenters. The predicted octanol–water partition coefficient (Wildman–Crippen LogP) is 7.98. The minimum absolute atomic E-state index is 0.163. The summed E-state index contributed by atoms with van der Waals surface area (Å²) in [4.78, 5) is 0. The lowest BCUT2D eigenvalue weighted by Crippen LogP contribution is -2.31. The van der Waals surface area contributed by atoms with E-state index in [9.17, 15) is 0 Å². The quantitative estimate of drug-likeness (QED) is 0.239. The zero-order valence-corrected chi connectivity index (χ0v) is 20.1. The molecule has 0 unspecified atom stereocenters. The van der Waals surface area contributed by atoms with Gasteiger partial charge in [-0.05, 0) is 47.9 Å². The molecule has 3 aromatic carbocycles. The average molecular weight is 449 g/mol. The molecule has 0 fully saturated rings. The third kappa shape index (κ3) is 2.57. The van der Waals surface area contributed by atoms with E-state index in [0.29, 0.717) is 0 Å². The van der Waals surface area contributed by atoms with Crippen molar-refractivity contribution >= 4 is 43.7 Å². The number of nitrogens with zero attached hydrogens (tertiary/aromatic N) is 1. The molecule has 7 rings (SSSR count). The molecular formula is C30H26NO3+. The number of hydrogen-bond donors (Lipinski definition) is 0. The number of aromatic nitrogens is 1. The molecule has 34 heavy (non-hydrogen) atoms. The summed E-state index contributed by atoms with van der Waals surface area (Å²) in [5, 5.41) is 5.50. The van der Waals surface area contributed by atoms with Crippen molar-refractivity contribution in [3.05, 3.63) is 66.1 Å². The van der Waals surface area contributed by atoms with Gasteiger partial charge in [0.05, 0.1) is 11.8 Å². The van der Waals surface area contributed by atoms with Gasteiger partial charge in [-0.15, -0.1) is 0 Å². The zero-order valence-electron chi connectivity index (χ0n) is 20.1. The largest absolute Gasteiger partial charge is 0.464 e. The van der Waals surface area contributed by atoms with Crippen LogP contribution >= 0.6 is 0 Å². The molecule has 4 heteroatoms. The maximum Gasteiger partial charge on any atom is 0.228 e. The van der Waals surface area contributed by atoms with Crippen LogP contribution in [0.3, 0.4) is 0 Å². The summed E-state index contributed by atoms with van der Waals surface area (Å²) in [5.41, 5.74) is 7.36. The van der Waals surface area contributed by atoms with Crippen LogP contribution < -0.4 is 9.30 Å². The van der Waals surface area contributed by atoms with Crippen molar-refractivity contribution < 1.29 is 18.1 Å². The first-order valence-electron chi connectivity index (χ1n) is 11.8. The van der Waals surface area contributed by atoms with Crippen LogP contribution in [0.4, 0.5) is 0 Å². The number of para-hydroxylation sites is 1. The molecule has 0 spiro atoms. The predicted molar refractivity (Wildman–Crippen MR) is 136 cm³/mol. The van der Waals surface area contributed by atoms with Gasteiger partial charge in [0, 0.05) is 27.8 Å². The van der Waals surface area contributed by atoms with Gasteiger partial charge in [0.2, 0.25) is 5.69 Å². The van der Waals surface area contributed by atoms with Gasteiger partial charge in [0.1, 0.15) is 29.3 Å². The van der Waals surface area contributed by atoms with Crippen LogP contribution in [0.1, 0.15) is 31.9 Å². The molecule has 6 aromatic rings. The summed E-state index contributed by atoms with van der Waals surface area (Å²) in [5.74, 6) is 1.64. The number of benzene rings is 3. The maximum atomic E-state index is 6.70. The van der Waals surface area contributed by atoms with Gasteiger partial charge in [-0.3, -0.25) is 0 Å². The first-order valence-corrected chi connectivity index (χ1v) is 11.8. The fourth-order valence-electron chi connectivity index (χ4n) is 5.64. The third-order valence-electron chi connectivity index (χ3n) is 7.04. The lowest BCUT2D eigenvalue weighted by atomic mass is 9.87. The fourth-order valence-corrected chi connectivity index (χ4v) is 5.64. The monoisotopic (exact) mass is 448 g/mol. The normalized spacial score (nSPS) is 13.2. The van der Waals surface area contributed by atoms with E-state index in [1.54, 1.807) is 6.26 Å². The summed E-state index contributed by atoms with van der Waals surface area (Å²) in [6, 6.07) is 15.0. The molecular weight excluding hydrogens is 422 g/mol. The second-order valence-electron chi connectivity index (χ2n) is 10.8. The minimum Gasteiger partial charge on any atom is -0.464 e. The van der Waals surface area contributed by atoms with E-state index in [4.69, 9.17) is 13.6 Å². The van der Waals surface area contributed by atoms with Crippen LogP contribution in [0.25, 0.3) is 54.9 Å². The topological polar surface area (TPSA) is 39.4 Å². The minimum atomic E-state index is 0.163. The Labute approximate surface area is 197 Å². The van der Waals surface area contributed by atoms with Gasteiger partial charge < -0.3 is 13.6 Å². The van der Waals surface area contributed by atoms with Crippen molar-refractivity contribution in [2.24, 2.45) is 12.5 Å². The van der Waals surface area contributed by atoms with Crippen LogP contribution in [0.15, 0.2) is 63.8 Å². The smallest absolute Gasteiger partial charge is 0.228 e. The molecule has 0 aliphatic carbocycles. The van der Waals surface area contributed by atoms with Gasteiger partial charge in [0.25, 0.3) is 0 Å². The summed E-state index contributed by atoms with van der Waals surface area (Å²) in [7, 11) is 2.09. The molecule has 0 radical (unpaired) electrons. The van der Waals surface area contributed by atoms with Crippen LogP contribution in [-0.4, -0.2) is 0 Å². The standard InChI is InChI=1S/C30H26NO3/c1-16-23-22(14-18-10-12-32-26(16)18)33-29-24-17(9-11-31(5)25(23)24)13-21-20-8-6-7-19(15-30(2,3)4)27(20)34-28(21)29/h6-14H,15H2,1-5H3/q+1. The Morgan fingerprint density at radius 1 is 0.912 bits per heavy atom. The van der Waals surface area contributed by atoms with Gasteiger partial charge in [-0.1, -0.05) is 39.0 Å². The molecule has 0 N–H and O–H groups in total. The molecule has 0 saturated carbocycles. The van der Waals surface area contributed by atoms with Crippen molar-refractivity contribution in [2.45, 2.75) is 34.1 Å². The number of furan rings is 2. The van der Waals surface area contributed by atoms with Crippen molar-refractivity contribution in [3.8, 4) is 22.8 Å². The fraction of sp³-hybridized carbons (Fsp3) is 0.233. The number of rotatable bonds is 1. The highest BCUT2D eigenvalue weighted by atomic mass is 16.5. The molecule has 0 amide bonds. The number of aryl methyl sites for hydroxylation is 2. The number of hydrogen-bond acceptors (Lipinski definition) is 3. The van der Waals surface area contributed by atoms with E-state index >= 15 is 0 Å². The van der Waals surface area contributed by atoms with E-state index in [1.165, 1.54) is 5.56 Å². The lowest BCUT2D eigenvalue weighted by molar-refractivity contribution is -0.659. The van der Waals surface area contributed by atoms with Crippen LogP contribution in [0, 0.1) is 12.3 Å². The Morgan fingerprint density at radius 3 is 2.59 bits per heavy atom. The third-order valence-corrected chi connectivity index (χ3v) is 7.04. The maximum absolute atomic E-state index is 6.70. The number of fused-ring (bicyclic) bond motifs is 7. The van der Waals surface area contributed by atoms with Crippen molar-refractivity contribution in [1.82, 2.24) is 0 Å². The van der Waals surface area contributed by atoms with E-state index in [0.717, 1.165) is 78.4 Å². The lowest BCUT2D eigenvalue weighted by Gasteiger charge is -2.21. The first-order chi connectivity index (χ1) is 16.3. The highest BCUT2D eigenvalue weighted by molar-refractivity contribution is 6.17. The molecule has 3 aromatic heterocycles. The Kier molecular flexibility index (Phi) is 3.71. The highest BCUT2D eigenvalue weighted by Crippen LogP contribution is 2.52. The van der Waals surface area contributed by atoms with E-state index in [2.05, 4.69) is 81.9 Å². The van der Waals surface area contributed by atoms with Gasteiger partial charge >= 0.3 is 0 Å². The zero-order chi connectivity index (χ0) is 23.4. The molecule has 0 saturated heterocycles. The van der Waals surface area contributed by atoms with Crippen molar-refractivity contribution in [2.75, 3.05) is 0 Å². The Balaban J connectivity index is 1.62. The first kappa shape index (κ1) is 19.7. The van der Waals surface area contributed by atoms with Gasteiger partial charge in [0.15, 0.2) is 17.5 Å². The summed E-state index contributed by atoms with van der Waals surface area (Å²) < 4.78 is 21.3. The summed E-state index contributed by atoms with van der Waals surface area (Å²) in [6.07, 6.45) is 4.81. The SMILES string of the molecule is Cc1c2c(cc3ccoc13)Oc1c3oc4c(CC(C)(C)C)cccc4c3cc3cc[n+](C)c-2c13. The Bertz CT molecular complexity index is 1810. The second-order valence-corrected chi connectivity index (χ2v) is 10.8. The Morgan fingerprint density at radius 2 is 1.76 bits per heavy atom. The van der Waals surface area contributed by atoms with Crippen molar-refractivity contribution in [3.63, 3.8) is 0 Å². The number of ether oxygens (including phenoxy) is 1. The highest BCUT2D eigenvalue weighted by Gasteiger charge is 2.33. The van der Waals surface area contributed by atoms with Crippen LogP contribution in [0.2, 0.25) is 0 Å². The van der Waals surface area contributed by atoms with Gasteiger partial charge in [-0.25, -0.2) is 4.57 Å². The summed E-state index contributed by atoms with van der Waals surface area (Å²) in [6.45, 7) is 8.89. The average Bonchev–Trinajstić information content (AvgIpc) is 3.40. The second kappa shape index (κ2) is 6.41. The molecule has 4 heterocycles. The number of pyridine rings is 1. The molecule has 4 nitrogen and oxygen atoms in total. The van der Waals surface area contributed by atoms with E-state index < -0.39 is 0 Å². The van der Waals surface area contributed by atoms with E-state index in [1.807, 2.05) is 6.07 Å². The molecule has 1 aliphatic heterocycles. The van der Waals surface area contributed by atoms with Crippen LogP contribution in [0.5, 0.6) is 11.5 Å². The molecule has 0 bridgehead atoms. The Hall–Kier alpha value is -3.79. The van der Waals surface area contributed by atoms with Crippen molar-refractivity contribution in [1.29, 1.82) is 0 Å². The van der Waals surface area contributed by atoms with Crippen LogP contribution in [-0.2, 0) is 13.5 Å². The van der Waals surface area contributed by atoms with Gasteiger partial charge in [-0.2, -0.15) is 0 Å².